The molecule has 0 bridgehead atoms. The molecule has 6 heteroatoms. The molecule has 2 N–H and O–H groups in total. The molecule has 3 rings (SSSR count). The van der Waals surface area contributed by atoms with Gasteiger partial charge in [0.25, 0.3) is 0 Å². The molecule has 2 amide bonds. The summed E-state index contributed by atoms with van der Waals surface area (Å²) in [7, 11) is 0. The highest BCUT2D eigenvalue weighted by molar-refractivity contribution is 5.96. The van der Waals surface area contributed by atoms with Crippen molar-refractivity contribution in [2.45, 2.75) is 32.2 Å². The largest absolute Gasteiger partial charge is 0.326 e. The molecule has 0 spiro atoms. The zero-order chi connectivity index (χ0) is 17.6. The van der Waals surface area contributed by atoms with Gasteiger partial charge in [-0.2, -0.15) is 5.10 Å². The minimum absolute atomic E-state index is 0.0167. The van der Waals surface area contributed by atoms with Gasteiger partial charge in [0.05, 0.1) is 0 Å². The summed E-state index contributed by atoms with van der Waals surface area (Å²) in [6.07, 6.45) is 10.2. The Bertz CT molecular complexity index is 767. The number of amides is 2. The Morgan fingerprint density at radius 2 is 2.00 bits per heavy atom. The van der Waals surface area contributed by atoms with Gasteiger partial charge in [-0.15, -0.1) is 0 Å². The Balaban J connectivity index is 1.62. The lowest BCUT2D eigenvalue weighted by atomic mass is 9.93. The Morgan fingerprint density at radius 3 is 2.68 bits per heavy atom. The van der Waals surface area contributed by atoms with Crippen molar-refractivity contribution in [3.63, 3.8) is 0 Å². The van der Waals surface area contributed by atoms with Crippen molar-refractivity contribution >= 4 is 23.2 Å². The van der Waals surface area contributed by atoms with Gasteiger partial charge < -0.3 is 10.6 Å². The zero-order valence-corrected chi connectivity index (χ0v) is 14.2. The second-order valence-corrected chi connectivity index (χ2v) is 6.20. The second kappa shape index (κ2) is 7.79. The first-order valence-electron chi connectivity index (χ1n) is 8.49. The van der Waals surface area contributed by atoms with Crippen molar-refractivity contribution in [2.24, 2.45) is 5.92 Å². The Labute approximate surface area is 146 Å². The number of anilines is 2. The predicted molar refractivity (Wildman–Crippen MR) is 97.1 cm³/mol. The molecule has 1 aromatic carbocycles. The van der Waals surface area contributed by atoms with E-state index >= 15 is 0 Å². The van der Waals surface area contributed by atoms with Crippen LogP contribution in [0.3, 0.4) is 0 Å². The van der Waals surface area contributed by atoms with E-state index in [4.69, 9.17) is 0 Å². The third-order valence-electron chi connectivity index (χ3n) is 4.34. The van der Waals surface area contributed by atoms with E-state index < -0.39 is 6.04 Å². The van der Waals surface area contributed by atoms with Crippen molar-refractivity contribution in [3.8, 4) is 0 Å². The number of carbonyl (C=O) groups excluding carboxylic acids is 2. The fraction of sp³-hybridized carbons (Fsp3) is 0.316. The summed E-state index contributed by atoms with van der Waals surface area (Å²) in [5.74, 6) is -0.120. The van der Waals surface area contributed by atoms with Gasteiger partial charge in [0.1, 0.15) is 6.04 Å². The smallest absolute Gasteiger partial charge is 0.248 e. The lowest BCUT2D eigenvalue weighted by Gasteiger charge is -2.18. The first kappa shape index (κ1) is 17.0. The fourth-order valence-corrected chi connectivity index (χ4v) is 2.83. The van der Waals surface area contributed by atoms with Crippen LogP contribution in [-0.2, 0) is 9.59 Å². The van der Waals surface area contributed by atoms with Gasteiger partial charge >= 0.3 is 0 Å². The first-order chi connectivity index (χ1) is 12.1. The number of hydrogen-bond donors (Lipinski definition) is 2. The highest BCUT2D eigenvalue weighted by Crippen LogP contribution is 2.22. The van der Waals surface area contributed by atoms with Gasteiger partial charge in [0, 0.05) is 29.7 Å². The molecular weight excluding hydrogens is 316 g/mol. The van der Waals surface area contributed by atoms with Gasteiger partial charge in [-0.25, -0.2) is 0 Å². The average molecular weight is 338 g/mol. The number of allylic oxidation sites excluding steroid dienone is 2. The van der Waals surface area contributed by atoms with Crippen molar-refractivity contribution in [3.05, 3.63) is 54.9 Å². The molecule has 2 aromatic rings. The molecule has 0 saturated carbocycles. The molecule has 2 atom stereocenters. The second-order valence-electron chi connectivity index (χ2n) is 6.20. The SMILES string of the molecule is CC(C(=O)Nc1cccc(NC(=O)C2CC=CCC2)c1)n1cccn1. The van der Waals surface area contributed by atoms with Gasteiger partial charge in [0.15, 0.2) is 0 Å². The van der Waals surface area contributed by atoms with Crippen LogP contribution in [0, 0.1) is 5.92 Å². The Kier molecular flexibility index (Phi) is 5.28. The van der Waals surface area contributed by atoms with Crippen LogP contribution in [0.25, 0.3) is 0 Å². The monoisotopic (exact) mass is 338 g/mol. The number of carbonyl (C=O) groups is 2. The lowest BCUT2D eigenvalue weighted by Crippen LogP contribution is -2.25. The summed E-state index contributed by atoms with van der Waals surface area (Å²) in [5, 5.41) is 9.88. The molecule has 130 valence electrons. The molecule has 0 saturated heterocycles. The number of benzene rings is 1. The van der Waals surface area contributed by atoms with Crippen molar-refractivity contribution in [1.82, 2.24) is 9.78 Å². The van der Waals surface area contributed by atoms with Gasteiger partial charge in [-0.1, -0.05) is 18.2 Å². The maximum atomic E-state index is 12.3. The zero-order valence-electron chi connectivity index (χ0n) is 14.2. The standard InChI is InChI=1S/C19H22N4O2/c1-14(23-12-6-11-20-23)18(24)21-16-9-5-10-17(13-16)22-19(25)15-7-3-2-4-8-15/h2-3,5-6,9-15H,4,7-8H2,1H3,(H,21,24)(H,22,25). The van der Waals surface area contributed by atoms with Gasteiger partial charge in [-0.05, 0) is 50.5 Å². The van der Waals surface area contributed by atoms with Crippen LogP contribution in [0.5, 0.6) is 0 Å². The minimum Gasteiger partial charge on any atom is -0.326 e. The molecule has 2 unspecified atom stereocenters. The van der Waals surface area contributed by atoms with Crippen LogP contribution in [0.15, 0.2) is 54.9 Å². The molecule has 25 heavy (non-hydrogen) atoms. The number of rotatable bonds is 5. The topological polar surface area (TPSA) is 76.0 Å². The van der Waals surface area contributed by atoms with E-state index in [2.05, 4.69) is 27.9 Å². The Morgan fingerprint density at radius 1 is 1.20 bits per heavy atom. The molecule has 1 aliphatic rings. The predicted octanol–water partition coefficient (Wildman–Crippen LogP) is 3.38. The number of aromatic nitrogens is 2. The number of hydrogen-bond acceptors (Lipinski definition) is 3. The summed E-state index contributed by atoms with van der Waals surface area (Å²) >= 11 is 0. The van der Waals surface area contributed by atoms with E-state index in [1.54, 1.807) is 42.2 Å². The summed E-state index contributed by atoms with van der Waals surface area (Å²) < 4.78 is 1.59. The minimum atomic E-state index is -0.415. The van der Waals surface area contributed by atoms with Gasteiger partial charge in [0.2, 0.25) is 11.8 Å². The maximum absolute atomic E-state index is 12.3. The molecule has 1 aliphatic carbocycles. The van der Waals surface area contributed by atoms with Crippen molar-refractivity contribution in [2.75, 3.05) is 10.6 Å². The Hall–Kier alpha value is -2.89. The van der Waals surface area contributed by atoms with E-state index in [1.165, 1.54) is 0 Å². The summed E-state index contributed by atoms with van der Waals surface area (Å²) in [4.78, 5) is 24.6. The van der Waals surface area contributed by atoms with E-state index in [0.29, 0.717) is 11.4 Å². The van der Waals surface area contributed by atoms with E-state index in [0.717, 1.165) is 19.3 Å². The van der Waals surface area contributed by atoms with Crippen LogP contribution in [0.1, 0.15) is 32.2 Å². The average Bonchev–Trinajstić information content (AvgIpc) is 3.16. The summed E-state index contributed by atoms with van der Waals surface area (Å²) in [6.45, 7) is 1.78. The maximum Gasteiger partial charge on any atom is 0.248 e. The van der Waals surface area contributed by atoms with Crippen LogP contribution < -0.4 is 10.6 Å². The molecule has 6 nitrogen and oxygen atoms in total. The van der Waals surface area contributed by atoms with Gasteiger partial charge in [-0.3, -0.25) is 14.3 Å². The highest BCUT2D eigenvalue weighted by Gasteiger charge is 2.19. The van der Waals surface area contributed by atoms with Crippen LogP contribution in [0.2, 0.25) is 0 Å². The van der Waals surface area contributed by atoms with E-state index in [9.17, 15) is 9.59 Å². The number of nitrogens with zero attached hydrogens (tertiary/aromatic N) is 2. The molecule has 0 radical (unpaired) electrons. The van der Waals surface area contributed by atoms with E-state index in [-0.39, 0.29) is 17.7 Å². The van der Waals surface area contributed by atoms with E-state index in [1.807, 2.05) is 12.1 Å². The van der Waals surface area contributed by atoms with Crippen LogP contribution in [0.4, 0.5) is 11.4 Å². The summed E-state index contributed by atoms with van der Waals surface area (Å²) in [5.41, 5.74) is 1.33. The third kappa shape index (κ3) is 4.35. The van der Waals surface area contributed by atoms with Crippen LogP contribution >= 0.6 is 0 Å². The molecule has 1 heterocycles. The lowest BCUT2D eigenvalue weighted by molar-refractivity contribution is -0.120. The molecule has 0 fully saturated rings. The van der Waals surface area contributed by atoms with Crippen molar-refractivity contribution < 1.29 is 9.59 Å². The molecule has 1 aromatic heterocycles. The number of nitrogens with one attached hydrogen (secondary N) is 2. The molecular formula is C19H22N4O2. The van der Waals surface area contributed by atoms with Crippen molar-refractivity contribution in [1.29, 1.82) is 0 Å². The first-order valence-corrected chi connectivity index (χ1v) is 8.49. The van der Waals surface area contributed by atoms with Crippen LogP contribution in [-0.4, -0.2) is 21.6 Å². The summed E-state index contributed by atoms with van der Waals surface area (Å²) in [6, 6.07) is 8.56. The fourth-order valence-electron chi connectivity index (χ4n) is 2.83. The third-order valence-corrected chi connectivity index (χ3v) is 4.34. The highest BCUT2D eigenvalue weighted by atomic mass is 16.2. The quantitative estimate of drug-likeness (QED) is 0.821. The molecule has 0 aliphatic heterocycles. The normalized spacial score (nSPS) is 17.7.